The van der Waals surface area contributed by atoms with Crippen molar-refractivity contribution in [2.24, 2.45) is 0 Å². The Morgan fingerprint density at radius 2 is 2.00 bits per heavy atom. The van der Waals surface area contributed by atoms with E-state index in [-0.39, 0.29) is 11.8 Å². The Bertz CT molecular complexity index is 749. The van der Waals surface area contributed by atoms with E-state index in [1.807, 2.05) is 0 Å². The predicted octanol–water partition coefficient (Wildman–Crippen LogP) is 2.90. The highest BCUT2D eigenvalue weighted by molar-refractivity contribution is 7.12. The summed E-state index contributed by atoms with van der Waals surface area (Å²) in [5.41, 5.74) is -0.807. The van der Waals surface area contributed by atoms with E-state index in [2.05, 4.69) is 20.9 Å². The average Bonchev–Trinajstić information content (AvgIpc) is 3.15. The van der Waals surface area contributed by atoms with Crippen molar-refractivity contribution in [1.82, 2.24) is 15.6 Å². The molecule has 0 saturated carbocycles. The lowest BCUT2D eigenvalue weighted by Gasteiger charge is -2.14. The van der Waals surface area contributed by atoms with Gasteiger partial charge in [-0.1, -0.05) is 6.07 Å². The summed E-state index contributed by atoms with van der Waals surface area (Å²) in [5.74, 6) is -0.291. The molecule has 0 spiro atoms. The van der Waals surface area contributed by atoms with Crippen LogP contribution in [0.3, 0.4) is 0 Å². The fraction of sp³-hybridized carbons (Fsp3) is 0.353. The largest absolute Gasteiger partial charge is 0.417 e. The van der Waals surface area contributed by atoms with Gasteiger partial charge in [-0.3, -0.25) is 9.59 Å². The number of pyridine rings is 1. The van der Waals surface area contributed by atoms with Gasteiger partial charge < -0.3 is 16.0 Å². The number of carbonyl (C=O) groups is 2. The van der Waals surface area contributed by atoms with E-state index in [1.165, 1.54) is 17.4 Å². The van der Waals surface area contributed by atoms with E-state index in [9.17, 15) is 22.8 Å². The van der Waals surface area contributed by atoms with Gasteiger partial charge in [-0.25, -0.2) is 4.98 Å². The van der Waals surface area contributed by atoms with Crippen molar-refractivity contribution in [3.63, 3.8) is 0 Å². The summed E-state index contributed by atoms with van der Waals surface area (Å²) in [6.45, 7) is 2.37. The molecule has 2 aromatic heterocycles. The van der Waals surface area contributed by atoms with Gasteiger partial charge in [-0.05, 0) is 36.9 Å². The third kappa shape index (κ3) is 6.55. The maximum Gasteiger partial charge on any atom is 0.417 e. The second kappa shape index (κ2) is 9.36. The smallest absolute Gasteiger partial charge is 0.370 e. The van der Waals surface area contributed by atoms with E-state index >= 15 is 0 Å². The SMILES string of the molecule is CC(NC(=O)c1cccs1)C(=O)NCCCNc1ccc(C(F)(F)F)cn1. The van der Waals surface area contributed by atoms with E-state index in [0.29, 0.717) is 30.2 Å². The Morgan fingerprint density at radius 3 is 2.59 bits per heavy atom. The van der Waals surface area contributed by atoms with Gasteiger partial charge >= 0.3 is 6.18 Å². The fourth-order valence-electron chi connectivity index (χ4n) is 2.08. The van der Waals surface area contributed by atoms with Gasteiger partial charge in [0.15, 0.2) is 0 Å². The predicted molar refractivity (Wildman–Crippen MR) is 96.6 cm³/mol. The molecule has 2 rings (SSSR count). The zero-order valence-electron chi connectivity index (χ0n) is 14.5. The van der Waals surface area contributed by atoms with Gasteiger partial charge in [-0.15, -0.1) is 11.3 Å². The topological polar surface area (TPSA) is 83.1 Å². The number of rotatable bonds is 8. The Labute approximate surface area is 158 Å². The lowest BCUT2D eigenvalue weighted by atomic mass is 10.2. The van der Waals surface area contributed by atoms with Crippen LogP contribution in [0.4, 0.5) is 19.0 Å². The molecule has 0 aliphatic rings. The number of thiophene rings is 1. The molecule has 2 amide bonds. The van der Waals surface area contributed by atoms with Crippen molar-refractivity contribution >= 4 is 29.0 Å². The number of amides is 2. The maximum absolute atomic E-state index is 12.4. The fourth-order valence-corrected chi connectivity index (χ4v) is 2.70. The quantitative estimate of drug-likeness (QED) is 0.595. The summed E-state index contributed by atoms with van der Waals surface area (Å²) >= 11 is 1.29. The minimum atomic E-state index is -4.41. The molecule has 27 heavy (non-hydrogen) atoms. The van der Waals surface area contributed by atoms with Crippen LogP contribution < -0.4 is 16.0 Å². The van der Waals surface area contributed by atoms with Crippen LogP contribution in [0.25, 0.3) is 0 Å². The van der Waals surface area contributed by atoms with Crippen LogP contribution in [0.15, 0.2) is 35.8 Å². The summed E-state index contributed by atoms with van der Waals surface area (Å²) in [7, 11) is 0. The van der Waals surface area contributed by atoms with Crippen molar-refractivity contribution in [2.75, 3.05) is 18.4 Å². The Kier molecular flexibility index (Phi) is 7.17. The molecule has 0 fully saturated rings. The van der Waals surface area contributed by atoms with Gasteiger partial charge in [0.1, 0.15) is 11.9 Å². The number of hydrogen-bond acceptors (Lipinski definition) is 5. The van der Waals surface area contributed by atoms with Gasteiger partial charge in [-0.2, -0.15) is 13.2 Å². The molecule has 0 radical (unpaired) electrons. The molecule has 0 aliphatic carbocycles. The molecular formula is C17H19F3N4O2S. The van der Waals surface area contributed by atoms with E-state index in [4.69, 9.17) is 0 Å². The van der Waals surface area contributed by atoms with Crippen molar-refractivity contribution in [3.8, 4) is 0 Å². The second-order valence-electron chi connectivity index (χ2n) is 5.67. The molecule has 0 saturated heterocycles. The number of nitrogens with zero attached hydrogens (tertiary/aromatic N) is 1. The highest BCUT2D eigenvalue weighted by Crippen LogP contribution is 2.28. The van der Waals surface area contributed by atoms with Crippen LogP contribution in [0.5, 0.6) is 0 Å². The number of carbonyl (C=O) groups excluding carboxylic acids is 2. The highest BCUT2D eigenvalue weighted by atomic mass is 32.1. The normalized spacial score (nSPS) is 12.3. The number of anilines is 1. The highest BCUT2D eigenvalue weighted by Gasteiger charge is 2.30. The molecule has 0 bridgehead atoms. The molecule has 2 heterocycles. The molecule has 1 atom stereocenters. The Balaban J connectivity index is 1.64. The van der Waals surface area contributed by atoms with Crippen molar-refractivity contribution in [3.05, 3.63) is 46.3 Å². The zero-order valence-corrected chi connectivity index (χ0v) is 15.3. The first-order valence-corrected chi connectivity index (χ1v) is 9.04. The number of hydrogen-bond donors (Lipinski definition) is 3. The maximum atomic E-state index is 12.4. The molecule has 0 aromatic carbocycles. The molecule has 146 valence electrons. The molecule has 0 aliphatic heterocycles. The minimum Gasteiger partial charge on any atom is -0.370 e. The van der Waals surface area contributed by atoms with Crippen LogP contribution in [0.1, 0.15) is 28.6 Å². The van der Waals surface area contributed by atoms with Crippen LogP contribution in [0, 0.1) is 0 Å². The lowest BCUT2D eigenvalue weighted by Crippen LogP contribution is -2.45. The number of halogens is 3. The molecular weight excluding hydrogens is 381 g/mol. The molecule has 10 heteroatoms. The molecule has 6 nitrogen and oxygen atoms in total. The summed E-state index contributed by atoms with van der Waals surface area (Å²) < 4.78 is 37.3. The Hall–Kier alpha value is -2.62. The third-order valence-electron chi connectivity index (χ3n) is 3.54. The van der Waals surface area contributed by atoms with Crippen LogP contribution >= 0.6 is 11.3 Å². The lowest BCUT2D eigenvalue weighted by molar-refractivity contribution is -0.137. The van der Waals surface area contributed by atoms with Crippen LogP contribution in [0.2, 0.25) is 0 Å². The van der Waals surface area contributed by atoms with Crippen LogP contribution in [-0.2, 0) is 11.0 Å². The third-order valence-corrected chi connectivity index (χ3v) is 4.40. The monoisotopic (exact) mass is 400 g/mol. The van der Waals surface area contributed by atoms with Gasteiger partial charge in [0.05, 0.1) is 10.4 Å². The zero-order chi connectivity index (χ0) is 19.9. The summed E-state index contributed by atoms with van der Waals surface area (Å²) in [6, 6.07) is 4.96. The summed E-state index contributed by atoms with van der Waals surface area (Å²) in [4.78, 5) is 28.1. The first kappa shape index (κ1) is 20.7. The molecule has 3 N–H and O–H groups in total. The van der Waals surface area contributed by atoms with Crippen molar-refractivity contribution in [1.29, 1.82) is 0 Å². The minimum absolute atomic E-state index is 0.303. The standard InChI is InChI=1S/C17H19F3N4O2S/c1-11(24-16(26)13-4-2-9-27-13)15(25)22-8-3-7-21-14-6-5-12(10-23-14)17(18,19)20/h2,4-6,9-11H,3,7-8H2,1H3,(H,21,23)(H,22,25)(H,24,26). The van der Waals surface area contributed by atoms with Crippen molar-refractivity contribution < 1.29 is 22.8 Å². The number of aromatic nitrogens is 1. The average molecular weight is 400 g/mol. The van der Waals surface area contributed by atoms with Crippen molar-refractivity contribution in [2.45, 2.75) is 25.6 Å². The van der Waals surface area contributed by atoms with E-state index in [1.54, 1.807) is 24.4 Å². The van der Waals surface area contributed by atoms with Gasteiger partial charge in [0, 0.05) is 19.3 Å². The molecule has 2 aromatic rings. The van der Waals surface area contributed by atoms with Crippen LogP contribution in [-0.4, -0.2) is 35.9 Å². The van der Waals surface area contributed by atoms with Gasteiger partial charge in [0.25, 0.3) is 5.91 Å². The number of nitrogens with one attached hydrogen (secondary N) is 3. The molecule has 1 unspecified atom stereocenters. The summed E-state index contributed by atoms with van der Waals surface area (Å²) in [5, 5.41) is 9.95. The van der Waals surface area contributed by atoms with Gasteiger partial charge in [0.2, 0.25) is 5.91 Å². The number of alkyl halides is 3. The van der Waals surface area contributed by atoms with E-state index in [0.717, 1.165) is 12.3 Å². The first-order chi connectivity index (χ1) is 12.8. The van der Waals surface area contributed by atoms with E-state index < -0.39 is 17.8 Å². The second-order valence-corrected chi connectivity index (χ2v) is 6.62. The summed E-state index contributed by atoms with van der Waals surface area (Å²) in [6.07, 6.45) is -3.10. The Morgan fingerprint density at radius 1 is 1.22 bits per heavy atom. The first-order valence-electron chi connectivity index (χ1n) is 8.16.